The first-order chi connectivity index (χ1) is 8.08. The van der Waals surface area contributed by atoms with Crippen LogP contribution in [0.25, 0.3) is 0 Å². The molecule has 90 valence electrons. The van der Waals surface area contributed by atoms with Gasteiger partial charge in [-0.1, -0.05) is 26.3 Å². The normalized spacial score (nSPS) is 32.8. The van der Waals surface area contributed by atoms with E-state index in [2.05, 4.69) is 36.5 Å². The third-order valence-corrected chi connectivity index (χ3v) is 4.27. The molecular weight excluding hydrogens is 208 g/mol. The number of fused-ring (bicyclic) bond motifs is 2. The zero-order valence-electron chi connectivity index (χ0n) is 10.3. The second kappa shape index (κ2) is 3.52. The molecule has 2 aliphatic heterocycles. The SMILES string of the molecule is C=C1NC(=C)C2CC1C(=C)N(CC1CC1)C2=C. The fraction of sp³-hybridized carbons (Fsp3) is 0.467. The van der Waals surface area contributed by atoms with E-state index in [1.54, 1.807) is 0 Å². The van der Waals surface area contributed by atoms with Crippen LogP contribution in [0, 0.1) is 17.8 Å². The molecular formula is C15H20N2. The summed E-state index contributed by atoms with van der Waals surface area (Å²) in [5.74, 6) is 1.56. The number of hydrogen-bond donors (Lipinski definition) is 1. The lowest BCUT2D eigenvalue weighted by Crippen LogP contribution is -2.45. The molecule has 3 rings (SSSR count). The summed E-state index contributed by atoms with van der Waals surface area (Å²) in [4.78, 5) is 2.33. The van der Waals surface area contributed by atoms with E-state index in [1.807, 2.05) is 0 Å². The maximum atomic E-state index is 4.26. The van der Waals surface area contributed by atoms with Gasteiger partial charge in [0, 0.05) is 41.2 Å². The lowest BCUT2D eigenvalue weighted by atomic mass is 9.78. The van der Waals surface area contributed by atoms with Crippen molar-refractivity contribution in [2.45, 2.75) is 19.3 Å². The van der Waals surface area contributed by atoms with Gasteiger partial charge in [-0.05, 0) is 25.2 Å². The van der Waals surface area contributed by atoms with E-state index in [9.17, 15) is 0 Å². The van der Waals surface area contributed by atoms with Gasteiger partial charge >= 0.3 is 0 Å². The average Bonchev–Trinajstić information content (AvgIpc) is 3.07. The van der Waals surface area contributed by atoms with Crippen molar-refractivity contribution in [1.82, 2.24) is 10.2 Å². The quantitative estimate of drug-likeness (QED) is 0.781. The predicted molar refractivity (Wildman–Crippen MR) is 70.7 cm³/mol. The van der Waals surface area contributed by atoms with E-state index in [4.69, 9.17) is 0 Å². The van der Waals surface area contributed by atoms with Crippen molar-refractivity contribution in [3.8, 4) is 0 Å². The Morgan fingerprint density at radius 3 is 2.00 bits per heavy atom. The summed E-state index contributed by atoms with van der Waals surface area (Å²) in [6.45, 7) is 17.8. The van der Waals surface area contributed by atoms with Gasteiger partial charge in [-0.15, -0.1) is 0 Å². The lowest BCUT2D eigenvalue weighted by Gasteiger charge is -2.47. The van der Waals surface area contributed by atoms with Crippen LogP contribution in [0.5, 0.6) is 0 Å². The van der Waals surface area contributed by atoms with Crippen molar-refractivity contribution < 1.29 is 0 Å². The Hall–Kier alpha value is -1.44. The summed E-state index contributed by atoms with van der Waals surface area (Å²) in [6.07, 6.45) is 3.75. The Kier molecular flexibility index (Phi) is 2.22. The minimum absolute atomic E-state index is 0.356. The van der Waals surface area contributed by atoms with Gasteiger partial charge in [0.25, 0.3) is 0 Å². The Labute approximate surface area is 103 Å². The molecule has 2 atom stereocenters. The zero-order valence-corrected chi connectivity index (χ0v) is 10.3. The van der Waals surface area contributed by atoms with Crippen LogP contribution in [0.1, 0.15) is 19.3 Å². The molecule has 3 fully saturated rings. The molecule has 2 heterocycles. The Morgan fingerprint density at radius 2 is 1.53 bits per heavy atom. The Balaban J connectivity index is 1.89. The summed E-state index contributed by atoms with van der Waals surface area (Å²) >= 11 is 0. The number of hydrogen-bond acceptors (Lipinski definition) is 2. The van der Waals surface area contributed by atoms with Gasteiger partial charge in [0.2, 0.25) is 0 Å². The van der Waals surface area contributed by atoms with Crippen molar-refractivity contribution in [2.24, 2.45) is 17.8 Å². The van der Waals surface area contributed by atoms with Crippen LogP contribution >= 0.6 is 0 Å². The van der Waals surface area contributed by atoms with Crippen molar-refractivity contribution in [1.29, 1.82) is 0 Å². The molecule has 3 aliphatic rings. The molecule has 0 aromatic rings. The molecule has 2 heteroatoms. The minimum Gasteiger partial charge on any atom is -0.362 e. The average molecular weight is 228 g/mol. The minimum atomic E-state index is 0.356. The van der Waals surface area contributed by atoms with Crippen LogP contribution in [0.15, 0.2) is 49.1 Å². The van der Waals surface area contributed by atoms with Crippen LogP contribution in [0.4, 0.5) is 0 Å². The molecule has 0 aromatic heterocycles. The van der Waals surface area contributed by atoms with Gasteiger partial charge in [0.1, 0.15) is 0 Å². The molecule has 0 radical (unpaired) electrons. The van der Waals surface area contributed by atoms with Crippen LogP contribution in [-0.4, -0.2) is 11.4 Å². The summed E-state index contributed by atoms with van der Waals surface area (Å²) in [6, 6.07) is 0. The molecule has 0 aromatic carbocycles. The standard InChI is InChI=1S/C15H20N2/c1-9-14-7-15(10(2)16-9)12(4)17(11(14)3)8-13-5-6-13/h13-16H,1-8H2. The lowest BCUT2D eigenvalue weighted by molar-refractivity contribution is 0.248. The van der Waals surface area contributed by atoms with Gasteiger partial charge in [0.15, 0.2) is 0 Å². The second-order valence-corrected chi connectivity index (χ2v) is 5.55. The van der Waals surface area contributed by atoms with Crippen molar-refractivity contribution >= 4 is 0 Å². The number of rotatable bonds is 2. The highest BCUT2D eigenvalue weighted by molar-refractivity contribution is 5.35. The maximum Gasteiger partial charge on any atom is 0.0392 e. The van der Waals surface area contributed by atoms with Gasteiger partial charge in [-0.25, -0.2) is 0 Å². The Morgan fingerprint density at radius 1 is 1.00 bits per heavy atom. The number of piperidine rings is 2. The fourth-order valence-electron chi connectivity index (χ4n) is 2.93. The first-order valence-corrected chi connectivity index (χ1v) is 6.37. The maximum absolute atomic E-state index is 4.26. The zero-order chi connectivity index (χ0) is 12.2. The number of likely N-dealkylation sites (tertiary alicyclic amines) is 1. The van der Waals surface area contributed by atoms with Crippen molar-refractivity contribution in [2.75, 3.05) is 6.54 Å². The largest absolute Gasteiger partial charge is 0.362 e. The fourth-order valence-corrected chi connectivity index (χ4v) is 2.93. The van der Waals surface area contributed by atoms with E-state index < -0.39 is 0 Å². The van der Waals surface area contributed by atoms with Gasteiger partial charge in [-0.2, -0.15) is 0 Å². The molecule has 0 spiro atoms. The van der Waals surface area contributed by atoms with Crippen LogP contribution in [0.2, 0.25) is 0 Å². The highest BCUT2D eigenvalue weighted by atomic mass is 15.2. The van der Waals surface area contributed by atoms with Crippen LogP contribution in [0.3, 0.4) is 0 Å². The van der Waals surface area contributed by atoms with E-state index >= 15 is 0 Å². The summed E-state index contributed by atoms with van der Waals surface area (Å²) in [5.41, 5.74) is 4.43. The molecule has 1 N–H and O–H groups in total. The molecule has 2 nitrogen and oxygen atoms in total. The molecule has 2 bridgehead atoms. The van der Waals surface area contributed by atoms with Gasteiger partial charge in [0.05, 0.1) is 0 Å². The third kappa shape index (κ3) is 1.63. The third-order valence-electron chi connectivity index (χ3n) is 4.27. The highest BCUT2D eigenvalue weighted by Crippen LogP contribution is 2.46. The highest BCUT2D eigenvalue weighted by Gasteiger charge is 2.41. The number of nitrogens with zero attached hydrogens (tertiary/aromatic N) is 1. The van der Waals surface area contributed by atoms with Gasteiger partial charge < -0.3 is 10.2 Å². The summed E-state index contributed by atoms with van der Waals surface area (Å²) in [7, 11) is 0. The second-order valence-electron chi connectivity index (χ2n) is 5.55. The monoisotopic (exact) mass is 228 g/mol. The first kappa shape index (κ1) is 10.7. The van der Waals surface area contributed by atoms with E-state index in [1.165, 1.54) is 24.2 Å². The van der Waals surface area contributed by atoms with Crippen LogP contribution in [-0.2, 0) is 0 Å². The topological polar surface area (TPSA) is 15.3 Å². The first-order valence-electron chi connectivity index (χ1n) is 6.37. The molecule has 1 aliphatic carbocycles. The Bertz CT molecular complexity index is 396. The van der Waals surface area contributed by atoms with Gasteiger partial charge in [-0.3, -0.25) is 0 Å². The summed E-state index contributed by atoms with van der Waals surface area (Å²) < 4.78 is 0. The number of nitrogens with one attached hydrogen (secondary N) is 1. The summed E-state index contributed by atoms with van der Waals surface area (Å²) in [5, 5.41) is 3.29. The molecule has 1 saturated carbocycles. The molecule has 0 amide bonds. The molecule has 2 unspecified atom stereocenters. The smallest absolute Gasteiger partial charge is 0.0392 e. The molecule has 2 saturated heterocycles. The molecule has 17 heavy (non-hydrogen) atoms. The van der Waals surface area contributed by atoms with E-state index in [-0.39, 0.29) is 0 Å². The van der Waals surface area contributed by atoms with Crippen molar-refractivity contribution in [3.05, 3.63) is 49.1 Å². The van der Waals surface area contributed by atoms with E-state index in [0.29, 0.717) is 11.8 Å². The van der Waals surface area contributed by atoms with E-state index in [0.717, 1.165) is 30.3 Å². The predicted octanol–water partition coefficient (Wildman–Crippen LogP) is 2.99. The van der Waals surface area contributed by atoms with Crippen LogP contribution < -0.4 is 5.32 Å². The van der Waals surface area contributed by atoms with Crippen molar-refractivity contribution in [3.63, 3.8) is 0 Å².